The van der Waals surface area contributed by atoms with Crippen LogP contribution in [0.25, 0.3) is 0 Å². The van der Waals surface area contributed by atoms with Gasteiger partial charge in [-0.15, -0.1) is 22.9 Å². The van der Waals surface area contributed by atoms with Gasteiger partial charge in [0.2, 0.25) is 11.8 Å². The number of thiophene rings is 1. The molecule has 0 unspecified atom stereocenters. The van der Waals surface area contributed by atoms with Gasteiger partial charge in [0.25, 0.3) is 0 Å². The Morgan fingerprint density at radius 2 is 1.81 bits per heavy atom. The van der Waals surface area contributed by atoms with Crippen LogP contribution in [0.15, 0.2) is 41.8 Å². The Morgan fingerprint density at radius 3 is 2.41 bits per heavy atom. The van der Waals surface area contributed by atoms with E-state index < -0.39 is 5.41 Å². The summed E-state index contributed by atoms with van der Waals surface area (Å²) in [5.74, 6) is 0.0190. The van der Waals surface area contributed by atoms with E-state index in [9.17, 15) is 9.59 Å². The van der Waals surface area contributed by atoms with E-state index >= 15 is 0 Å². The molecule has 1 aromatic heterocycles. The van der Waals surface area contributed by atoms with Crippen LogP contribution in [-0.2, 0) is 27.4 Å². The number of ether oxygens (including phenoxy) is 1. The lowest BCUT2D eigenvalue weighted by atomic mass is 9.94. The molecule has 0 fully saturated rings. The van der Waals surface area contributed by atoms with Crippen LogP contribution in [0.2, 0.25) is 0 Å². The van der Waals surface area contributed by atoms with Gasteiger partial charge in [-0.1, -0.05) is 30.3 Å². The van der Waals surface area contributed by atoms with Crippen molar-refractivity contribution in [2.24, 2.45) is 5.41 Å². The molecule has 2 aromatic rings. The van der Waals surface area contributed by atoms with E-state index in [1.165, 1.54) is 5.56 Å². The number of nitrogens with zero attached hydrogens (tertiary/aromatic N) is 2. The number of hydrogen-bond acceptors (Lipinski definition) is 4. The second kappa shape index (κ2) is 13.0. The van der Waals surface area contributed by atoms with Crippen molar-refractivity contribution in [3.05, 3.63) is 57.8 Å². The molecule has 32 heavy (non-hydrogen) atoms. The van der Waals surface area contributed by atoms with Crippen LogP contribution < -0.4 is 0 Å². The summed E-state index contributed by atoms with van der Waals surface area (Å²) in [6.45, 7) is 10.3. The number of alkyl halides is 1. The summed E-state index contributed by atoms with van der Waals surface area (Å²) in [6, 6.07) is 12.0. The van der Waals surface area contributed by atoms with Crippen molar-refractivity contribution in [3.63, 3.8) is 0 Å². The fourth-order valence-electron chi connectivity index (χ4n) is 3.28. The molecule has 0 aliphatic rings. The van der Waals surface area contributed by atoms with E-state index in [2.05, 4.69) is 13.0 Å². The van der Waals surface area contributed by atoms with Crippen LogP contribution in [0, 0.1) is 12.3 Å². The van der Waals surface area contributed by atoms with Gasteiger partial charge >= 0.3 is 0 Å². The summed E-state index contributed by atoms with van der Waals surface area (Å²) in [5, 5.41) is 2.04. The molecule has 2 amide bonds. The lowest BCUT2D eigenvalue weighted by Gasteiger charge is -2.32. The molecule has 0 saturated heterocycles. The highest BCUT2D eigenvalue weighted by molar-refractivity contribution is 7.10. The van der Waals surface area contributed by atoms with E-state index in [0.717, 1.165) is 10.4 Å². The summed E-state index contributed by atoms with van der Waals surface area (Å²) >= 11 is 7.72. The number of halogens is 1. The Kier molecular flexibility index (Phi) is 10.7. The van der Waals surface area contributed by atoms with Crippen LogP contribution in [-0.4, -0.2) is 53.8 Å². The van der Waals surface area contributed by atoms with Gasteiger partial charge in [-0.05, 0) is 56.7 Å². The maximum atomic E-state index is 13.5. The third-order valence-electron chi connectivity index (χ3n) is 5.32. The molecular formula is C25H35ClN2O3S. The standard InChI is InChI=1S/C25H35ClN2O3S/c1-5-31-14-9-13-27(24(30)25(3,4)19-26)18-23(29)28(16-21-10-7-6-8-11-21)17-22-20(2)12-15-32-22/h6-8,10-12,15H,5,9,13-14,16-19H2,1-4H3. The molecule has 7 heteroatoms. The zero-order valence-electron chi connectivity index (χ0n) is 19.6. The first-order valence-corrected chi connectivity index (χ1v) is 12.5. The molecule has 2 rings (SSSR count). The van der Waals surface area contributed by atoms with Crippen LogP contribution in [0.1, 0.15) is 43.2 Å². The van der Waals surface area contributed by atoms with Crippen molar-refractivity contribution in [1.82, 2.24) is 9.80 Å². The van der Waals surface area contributed by atoms with Crippen LogP contribution in [0.5, 0.6) is 0 Å². The van der Waals surface area contributed by atoms with Crippen molar-refractivity contribution in [3.8, 4) is 0 Å². The first-order valence-electron chi connectivity index (χ1n) is 11.1. The third-order valence-corrected chi connectivity index (χ3v) is 6.99. The minimum Gasteiger partial charge on any atom is -0.382 e. The van der Waals surface area contributed by atoms with Gasteiger partial charge in [-0.3, -0.25) is 9.59 Å². The molecule has 0 aliphatic heterocycles. The molecule has 1 aromatic carbocycles. The van der Waals surface area contributed by atoms with Crippen molar-refractivity contribution in [2.45, 2.75) is 47.2 Å². The second-order valence-electron chi connectivity index (χ2n) is 8.56. The Labute approximate surface area is 201 Å². The van der Waals surface area contributed by atoms with Gasteiger partial charge in [0.1, 0.15) is 0 Å². The zero-order valence-corrected chi connectivity index (χ0v) is 21.2. The summed E-state index contributed by atoms with van der Waals surface area (Å²) in [6.07, 6.45) is 0.675. The summed E-state index contributed by atoms with van der Waals surface area (Å²) in [7, 11) is 0. The molecule has 176 valence electrons. The number of carbonyl (C=O) groups excluding carboxylic acids is 2. The Balaban J connectivity index is 2.20. The molecule has 0 spiro atoms. The van der Waals surface area contributed by atoms with E-state index in [1.54, 1.807) is 16.2 Å². The van der Waals surface area contributed by atoms with Gasteiger partial charge < -0.3 is 14.5 Å². The van der Waals surface area contributed by atoms with E-state index in [1.807, 2.05) is 61.4 Å². The zero-order chi connectivity index (χ0) is 23.6. The van der Waals surface area contributed by atoms with Gasteiger partial charge in [0, 0.05) is 37.1 Å². The molecule has 5 nitrogen and oxygen atoms in total. The number of hydrogen-bond donors (Lipinski definition) is 0. The van der Waals surface area contributed by atoms with Crippen LogP contribution in [0.3, 0.4) is 0 Å². The second-order valence-corrected chi connectivity index (χ2v) is 9.82. The minimum absolute atomic E-state index is 0.0303. The largest absolute Gasteiger partial charge is 0.382 e. The first kappa shape index (κ1) is 26.4. The molecular weight excluding hydrogens is 444 g/mol. The predicted molar refractivity (Wildman–Crippen MR) is 132 cm³/mol. The number of benzene rings is 1. The molecule has 0 bridgehead atoms. The molecule has 1 heterocycles. The minimum atomic E-state index is -0.734. The Morgan fingerprint density at radius 1 is 1.09 bits per heavy atom. The SMILES string of the molecule is CCOCCCN(CC(=O)N(Cc1ccccc1)Cc1sccc1C)C(=O)C(C)(C)CCl. The quantitative estimate of drug-likeness (QED) is 0.297. The number of carbonyl (C=O) groups is 2. The average Bonchev–Trinajstić information content (AvgIpc) is 3.19. The number of aryl methyl sites for hydroxylation is 1. The third kappa shape index (κ3) is 7.91. The molecule has 0 aliphatic carbocycles. The first-order chi connectivity index (χ1) is 15.3. The van der Waals surface area contributed by atoms with Crippen molar-refractivity contribution in [2.75, 3.05) is 32.2 Å². The highest BCUT2D eigenvalue weighted by Crippen LogP contribution is 2.23. The number of rotatable bonds is 13. The smallest absolute Gasteiger partial charge is 0.242 e. The topological polar surface area (TPSA) is 49.9 Å². The maximum Gasteiger partial charge on any atom is 0.242 e. The highest BCUT2D eigenvalue weighted by atomic mass is 35.5. The lowest BCUT2D eigenvalue weighted by Crippen LogP contribution is -2.48. The number of amides is 2. The van der Waals surface area contributed by atoms with Crippen molar-refractivity contribution >= 4 is 34.8 Å². The average molecular weight is 479 g/mol. The predicted octanol–water partition coefficient (Wildman–Crippen LogP) is 5.11. The molecule has 0 radical (unpaired) electrons. The van der Waals surface area contributed by atoms with Crippen LogP contribution in [0.4, 0.5) is 0 Å². The summed E-state index contributed by atoms with van der Waals surface area (Å²) in [4.78, 5) is 31.3. The van der Waals surface area contributed by atoms with E-state index in [-0.39, 0.29) is 24.2 Å². The van der Waals surface area contributed by atoms with Gasteiger partial charge in [0.15, 0.2) is 0 Å². The molecule has 0 N–H and O–H groups in total. The fraction of sp³-hybridized carbons (Fsp3) is 0.520. The van der Waals surface area contributed by atoms with Crippen LogP contribution >= 0.6 is 22.9 Å². The van der Waals surface area contributed by atoms with E-state index in [0.29, 0.717) is 39.3 Å². The molecule has 0 saturated carbocycles. The summed E-state index contributed by atoms with van der Waals surface area (Å²) in [5.41, 5.74) is 1.50. The lowest BCUT2D eigenvalue weighted by molar-refractivity contribution is -0.146. The van der Waals surface area contributed by atoms with Gasteiger partial charge in [-0.2, -0.15) is 0 Å². The Hall–Kier alpha value is -1.89. The fourth-order valence-corrected chi connectivity index (χ4v) is 4.31. The summed E-state index contributed by atoms with van der Waals surface area (Å²) < 4.78 is 5.43. The molecule has 0 atom stereocenters. The maximum absolute atomic E-state index is 13.5. The Bertz CT molecular complexity index is 854. The van der Waals surface area contributed by atoms with Crippen molar-refractivity contribution < 1.29 is 14.3 Å². The monoisotopic (exact) mass is 478 g/mol. The van der Waals surface area contributed by atoms with Crippen molar-refractivity contribution in [1.29, 1.82) is 0 Å². The highest BCUT2D eigenvalue weighted by Gasteiger charge is 2.33. The van der Waals surface area contributed by atoms with E-state index in [4.69, 9.17) is 16.3 Å². The van der Waals surface area contributed by atoms with Gasteiger partial charge in [-0.25, -0.2) is 0 Å². The van der Waals surface area contributed by atoms with Gasteiger partial charge in [0.05, 0.1) is 18.5 Å². The normalized spacial score (nSPS) is 11.4.